The normalized spacial score (nSPS) is 11.5. The van der Waals surface area contributed by atoms with Crippen molar-refractivity contribution in [3.05, 3.63) is 24.3 Å². The van der Waals surface area contributed by atoms with Gasteiger partial charge in [-0.25, -0.2) is 9.59 Å². The summed E-state index contributed by atoms with van der Waals surface area (Å²) in [5.74, 6) is -0.948. The summed E-state index contributed by atoms with van der Waals surface area (Å²) in [5, 5.41) is 0. The van der Waals surface area contributed by atoms with Crippen molar-refractivity contribution >= 4 is 20.7 Å². The van der Waals surface area contributed by atoms with Crippen molar-refractivity contribution in [1.29, 1.82) is 0 Å². The smallest absolute Gasteiger partial charge is 0.462 e. The van der Waals surface area contributed by atoms with Crippen molar-refractivity contribution in [2.75, 3.05) is 27.6 Å². The van der Waals surface area contributed by atoms with Gasteiger partial charge in [0, 0.05) is 31.9 Å². The van der Waals surface area contributed by atoms with Crippen molar-refractivity contribution in [3.8, 4) is 0 Å². The van der Waals surface area contributed by atoms with Crippen molar-refractivity contribution in [3.63, 3.8) is 0 Å². The summed E-state index contributed by atoms with van der Waals surface area (Å²) < 4.78 is 25.9. The molecule has 0 aromatic carbocycles. The molecule has 0 aromatic heterocycles. The Labute approximate surface area is 132 Å². The van der Waals surface area contributed by atoms with Gasteiger partial charge in [0.1, 0.15) is 0 Å². The van der Waals surface area contributed by atoms with Gasteiger partial charge < -0.3 is 22.8 Å². The first-order valence-corrected chi connectivity index (χ1v) is 8.70. The Hall–Kier alpha value is -1.48. The Bertz CT molecular complexity index is 402. The monoisotopic (exact) mass is 332 g/mol. The summed E-state index contributed by atoms with van der Waals surface area (Å²) in [6.07, 6.45) is 3.34. The molecule has 7 nitrogen and oxygen atoms in total. The van der Waals surface area contributed by atoms with Gasteiger partial charge in [-0.05, 0) is 20.3 Å². The van der Waals surface area contributed by atoms with E-state index < -0.39 is 20.7 Å². The zero-order chi connectivity index (χ0) is 17.0. The van der Waals surface area contributed by atoms with E-state index in [4.69, 9.17) is 22.8 Å². The minimum atomic E-state index is -2.95. The molecule has 0 atom stereocenters. The molecule has 126 valence electrons. The predicted molar refractivity (Wildman–Crippen MR) is 81.8 cm³/mol. The van der Waals surface area contributed by atoms with Crippen LogP contribution in [0, 0.1) is 0 Å². The standard InChI is InChI=1S/C14H24O7Si/c1-6-8-13(15)20-11-21-22(17-4,18-5)10-7-9-19-14(16)12(2)3/h6,8H,2,7,9-11H2,1,3-5H3. The second-order valence-corrected chi connectivity index (χ2v) is 7.31. The maximum atomic E-state index is 11.2. The predicted octanol–water partition coefficient (Wildman–Crippen LogP) is 1.82. The van der Waals surface area contributed by atoms with E-state index in [0.29, 0.717) is 18.0 Å². The van der Waals surface area contributed by atoms with E-state index in [1.807, 2.05) is 0 Å². The third-order valence-corrected chi connectivity index (χ3v) is 5.38. The number of carbonyl (C=O) groups excluding carboxylic acids is 2. The minimum absolute atomic E-state index is 0.203. The number of hydrogen-bond donors (Lipinski definition) is 0. The summed E-state index contributed by atoms with van der Waals surface area (Å²) in [6.45, 7) is 6.72. The van der Waals surface area contributed by atoms with Crippen LogP contribution in [0.25, 0.3) is 0 Å². The fourth-order valence-electron chi connectivity index (χ4n) is 1.42. The number of allylic oxidation sites excluding steroid dienone is 1. The summed E-state index contributed by atoms with van der Waals surface area (Å²) in [6, 6.07) is 0.421. The first kappa shape index (κ1) is 20.5. The van der Waals surface area contributed by atoms with Crippen molar-refractivity contribution in [1.82, 2.24) is 0 Å². The van der Waals surface area contributed by atoms with Gasteiger partial charge in [0.15, 0.2) is 6.79 Å². The molecule has 0 spiro atoms. The lowest BCUT2D eigenvalue weighted by Gasteiger charge is -2.25. The van der Waals surface area contributed by atoms with Gasteiger partial charge in [-0.15, -0.1) is 0 Å². The molecule has 0 heterocycles. The van der Waals surface area contributed by atoms with Gasteiger partial charge in [0.05, 0.1) is 6.61 Å². The molecule has 22 heavy (non-hydrogen) atoms. The van der Waals surface area contributed by atoms with Crippen LogP contribution in [0.5, 0.6) is 0 Å². The van der Waals surface area contributed by atoms with Gasteiger partial charge in [-0.3, -0.25) is 0 Å². The Morgan fingerprint density at radius 2 is 1.82 bits per heavy atom. The molecule has 0 saturated heterocycles. The molecule has 0 unspecified atom stereocenters. The van der Waals surface area contributed by atoms with E-state index in [0.717, 1.165) is 0 Å². The van der Waals surface area contributed by atoms with Crippen LogP contribution in [0.2, 0.25) is 6.04 Å². The molecular weight excluding hydrogens is 308 g/mol. The highest BCUT2D eigenvalue weighted by atomic mass is 28.4. The van der Waals surface area contributed by atoms with Gasteiger partial charge in [0.2, 0.25) is 0 Å². The topological polar surface area (TPSA) is 80.3 Å². The fraction of sp³-hybridized carbons (Fsp3) is 0.571. The lowest BCUT2D eigenvalue weighted by molar-refractivity contribution is -0.147. The highest BCUT2D eigenvalue weighted by Gasteiger charge is 2.39. The van der Waals surface area contributed by atoms with Gasteiger partial charge >= 0.3 is 20.7 Å². The molecular formula is C14H24O7Si. The molecule has 0 aliphatic heterocycles. The highest BCUT2D eigenvalue weighted by Crippen LogP contribution is 2.16. The maximum Gasteiger partial charge on any atom is 0.503 e. The number of ether oxygens (including phenoxy) is 2. The van der Waals surface area contributed by atoms with E-state index in [9.17, 15) is 9.59 Å². The second-order valence-electron chi connectivity index (χ2n) is 4.34. The summed E-state index contributed by atoms with van der Waals surface area (Å²) in [5.41, 5.74) is 0.342. The van der Waals surface area contributed by atoms with Crippen LogP contribution in [-0.4, -0.2) is 48.4 Å². The van der Waals surface area contributed by atoms with E-state index in [2.05, 4.69) is 6.58 Å². The molecule has 8 heteroatoms. The van der Waals surface area contributed by atoms with Crippen molar-refractivity contribution in [2.24, 2.45) is 0 Å². The van der Waals surface area contributed by atoms with Crippen LogP contribution in [0.1, 0.15) is 20.3 Å². The van der Waals surface area contributed by atoms with E-state index in [1.165, 1.54) is 20.3 Å². The lowest BCUT2D eigenvalue weighted by atomic mass is 10.4. The Balaban J connectivity index is 4.23. The largest absolute Gasteiger partial charge is 0.503 e. The first-order valence-electron chi connectivity index (χ1n) is 6.77. The van der Waals surface area contributed by atoms with Gasteiger partial charge in [-0.2, -0.15) is 0 Å². The van der Waals surface area contributed by atoms with Crippen LogP contribution < -0.4 is 0 Å². The molecule has 0 aromatic rings. The van der Waals surface area contributed by atoms with E-state index >= 15 is 0 Å². The van der Waals surface area contributed by atoms with Crippen LogP contribution in [0.15, 0.2) is 24.3 Å². The molecule has 0 aliphatic carbocycles. The average Bonchev–Trinajstić information content (AvgIpc) is 2.49. The summed E-state index contributed by atoms with van der Waals surface area (Å²) >= 11 is 0. The number of hydrogen-bond acceptors (Lipinski definition) is 7. The molecule has 0 N–H and O–H groups in total. The highest BCUT2D eigenvalue weighted by molar-refractivity contribution is 6.60. The van der Waals surface area contributed by atoms with E-state index in [1.54, 1.807) is 19.9 Å². The minimum Gasteiger partial charge on any atom is -0.462 e. The van der Waals surface area contributed by atoms with Crippen molar-refractivity contribution in [2.45, 2.75) is 26.3 Å². The van der Waals surface area contributed by atoms with Crippen LogP contribution >= 0.6 is 0 Å². The number of carbonyl (C=O) groups is 2. The fourth-order valence-corrected chi connectivity index (χ4v) is 3.19. The molecule has 0 saturated carbocycles. The van der Waals surface area contributed by atoms with Crippen LogP contribution in [0.3, 0.4) is 0 Å². The zero-order valence-electron chi connectivity index (χ0n) is 13.5. The number of esters is 2. The number of rotatable bonds is 11. The van der Waals surface area contributed by atoms with Gasteiger partial charge in [-0.1, -0.05) is 12.7 Å². The lowest BCUT2D eigenvalue weighted by Crippen LogP contribution is -2.44. The molecule has 0 bridgehead atoms. The Morgan fingerprint density at radius 3 is 2.32 bits per heavy atom. The summed E-state index contributed by atoms with van der Waals surface area (Å²) in [7, 11) is -0.0241. The molecule has 0 aliphatic rings. The van der Waals surface area contributed by atoms with Crippen LogP contribution in [0.4, 0.5) is 0 Å². The Morgan fingerprint density at radius 1 is 1.18 bits per heavy atom. The third kappa shape index (κ3) is 8.08. The molecule has 0 fully saturated rings. The van der Waals surface area contributed by atoms with Crippen LogP contribution in [-0.2, 0) is 32.3 Å². The Kier molecular flexibility index (Phi) is 10.4. The van der Waals surface area contributed by atoms with Gasteiger partial charge in [0.25, 0.3) is 0 Å². The molecule has 0 rings (SSSR count). The summed E-state index contributed by atoms with van der Waals surface area (Å²) in [4.78, 5) is 22.4. The molecule has 0 amide bonds. The van der Waals surface area contributed by atoms with Crippen molar-refractivity contribution < 1.29 is 32.3 Å². The first-order chi connectivity index (χ1) is 10.4. The maximum absolute atomic E-state index is 11.2. The van der Waals surface area contributed by atoms with E-state index in [-0.39, 0.29) is 13.4 Å². The zero-order valence-corrected chi connectivity index (χ0v) is 14.5. The quantitative estimate of drug-likeness (QED) is 0.188. The molecule has 0 radical (unpaired) electrons. The SMILES string of the molecule is C=C(C)C(=O)OCCC[Si](OC)(OC)OCOC(=O)C=CC. The average molecular weight is 332 g/mol. The second kappa shape index (κ2) is 11.1. The third-order valence-electron chi connectivity index (χ3n) is 2.61.